The highest BCUT2D eigenvalue weighted by Gasteiger charge is 2.20. The lowest BCUT2D eigenvalue weighted by Crippen LogP contribution is -2.32. The molecule has 1 amide bonds. The summed E-state index contributed by atoms with van der Waals surface area (Å²) in [6.45, 7) is 5.41. The molecule has 0 fully saturated rings. The van der Waals surface area contributed by atoms with E-state index in [1.54, 1.807) is 6.92 Å². The number of hydrogen-bond donors (Lipinski definition) is 1. The van der Waals surface area contributed by atoms with Crippen LogP contribution in [0.1, 0.15) is 32.7 Å². The molecule has 0 bridgehead atoms. The van der Waals surface area contributed by atoms with Crippen molar-refractivity contribution in [2.24, 2.45) is 0 Å². The monoisotopic (exact) mass is 324 g/mol. The molecule has 0 aliphatic heterocycles. The molecular weight excluding hydrogens is 308 g/mol. The summed E-state index contributed by atoms with van der Waals surface area (Å²) < 4.78 is 30.3. The van der Waals surface area contributed by atoms with E-state index in [4.69, 9.17) is 0 Å². The van der Waals surface area contributed by atoms with Crippen molar-refractivity contribution in [1.82, 2.24) is 9.10 Å². The van der Waals surface area contributed by atoms with E-state index in [1.807, 2.05) is 32.0 Å². The summed E-state index contributed by atoms with van der Waals surface area (Å²) in [5.74, 6) is -0.852. The van der Waals surface area contributed by atoms with Crippen molar-refractivity contribution in [2.45, 2.75) is 26.5 Å². The van der Waals surface area contributed by atoms with Crippen LogP contribution in [0.4, 0.5) is 0 Å². The first-order chi connectivity index (χ1) is 9.78. The molecule has 0 spiro atoms. The van der Waals surface area contributed by atoms with Gasteiger partial charge in [-0.2, -0.15) is 4.37 Å². The van der Waals surface area contributed by atoms with Gasteiger partial charge in [0.1, 0.15) is 0 Å². The van der Waals surface area contributed by atoms with Crippen LogP contribution >= 0.6 is 11.5 Å². The first-order valence-corrected chi connectivity index (χ1v) is 8.79. The summed E-state index contributed by atoms with van der Waals surface area (Å²) in [4.78, 5) is 12.0. The minimum absolute atomic E-state index is 0.219. The predicted molar refractivity (Wildman–Crippen MR) is 82.9 cm³/mol. The summed E-state index contributed by atoms with van der Waals surface area (Å²) in [6, 6.07) is 5.61. The third-order valence-corrected chi connectivity index (χ3v) is 5.00. The van der Waals surface area contributed by atoms with E-state index in [-0.39, 0.29) is 5.75 Å². The van der Waals surface area contributed by atoms with Crippen LogP contribution in [0.5, 0.6) is 0 Å². The molecule has 1 N–H and O–H groups in total. The van der Waals surface area contributed by atoms with Gasteiger partial charge in [-0.3, -0.25) is 4.79 Å². The van der Waals surface area contributed by atoms with Gasteiger partial charge < -0.3 is 0 Å². The molecule has 1 aromatic heterocycles. The highest BCUT2D eigenvalue weighted by atomic mass is 32.2. The summed E-state index contributed by atoms with van der Waals surface area (Å²) in [5.41, 5.74) is 3.38. The zero-order chi connectivity index (χ0) is 15.6. The van der Waals surface area contributed by atoms with Gasteiger partial charge in [-0.05, 0) is 43.4 Å². The molecule has 0 aliphatic carbocycles. The fourth-order valence-electron chi connectivity index (χ4n) is 1.90. The van der Waals surface area contributed by atoms with Gasteiger partial charge in [0.25, 0.3) is 5.91 Å². The Bertz CT molecular complexity index is 779. The molecule has 0 radical (unpaired) electrons. The van der Waals surface area contributed by atoms with Gasteiger partial charge in [-0.1, -0.05) is 23.8 Å². The largest absolute Gasteiger partial charge is 0.268 e. The number of aromatic nitrogens is 1. The Balaban J connectivity index is 2.18. The molecule has 1 aromatic carbocycles. The van der Waals surface area contributed by atoms with Crippen LogP contribution in [0.25, 0.3) is 0 Å². The van der Waals surface area contributed by atoms with Crippen molar-refractivity contribution in [3.8, 4) is 0 Å². The van der Waals surface area contributed by atoms with E-state index in [1.165, 1.54) is 5.38 Å². The molecule has 21 heavy (non-hydrogen) atoms. The molecule has 0 saturated heterocycles. The topological polar surface area (TPSA) is 76.1 Å². The summed E-state index contributed by atoms with van der Waals surface area (Å²) in [7, 11) is -3.74. The number of nitrogens with zero attached hydrogens (tertiary/aromatic N) is 1. The van der Waals surface area contributed by atoms with Gasteiger partial charge in [0.2, 0.25) is 10.0 Å². The van der Waals surface area contributed by atoms with Crippen LogP contribution in [-0.4, -0.2) is 18.7 Å². The third kappa shape index (κ3) is 3.89. The summed E-state index contributed by atoms with van der Waals surface area (Å²) >= 11 is 1.12. The number of carbonyl (C=O) groups is 1. The van der Waals surface area contributed by atoms with Crippen LogP contribution in [0.15, 0.2) is 23.6 Å². The molecule has 0 unspecified atom stereocenters. The molecule has 112 valence electrons. The van der Waals surface area contributed by atoms with Crippen molar-refractivity contribution in [1.29, 1.82) is 0 Å². The molecule has 1 heterocycles. The minimum Gasteiger partial charge on any atom is -0.268 e. The Morgan fingerprint density at radius 1 is 1.29 bits per heavy atom. The van der Waals surface area contributed by atoms with E-state index >= 15 is 0 Å². The fourth-order valence-corrected chi connectivity index (χ4v) is 3.78. The lowest BCUT2D eigenvalue weighted by molar-refractivity contribution is 0.0981. The van der Waals surface area contributed by atoms with Gasteiger partial charge in [-0.15, -0.1) is 0 Å². The molecule has 2 aromatic rings. The van der Waals surface area contributed by atoms with Crippen molar-refractivity contribution >= 4 is 27.5 Å². The molecule has 7 heteroatoms. The van der Waals surface area contributed by atoms with Crippen molar-refractivity contribution < 1.29 is 13.2 Å². The van der Waals surface area contributed by atoms with Crippen LogP contribution in [0.2, 0.25) is 0 Å². The van der Waals surface area contributed by atoms with Crippen LogP contribution in [0, 0.1) is 20.8 Å². The normalized spacial score (nSPS) is 11.4. The van der Waals surface area contributed by atoms with Crippen LogP contribution < -0.4 is 4.72 Å². The molecule has 0 atom stereocenters. The van der Waals surface area contributed by atoms with E-state index in [9.17, 15) is 13.2 Å². The highest BCUT2D eigenvalue weighted by molar-refractivity contribution is 7.89. The van der Waals surface area contributed by atoms with Gasteiger partial charge in [0.05, 0.1) is 17.0 Å². The lowest BCUT2D eigenvalue weighted by atomic mass is 10.1. The average Bonchev–Trinajstić information content (AvgIpc) is 2.79. The number of sulfonamides is 1. The number of hydrogen-bond acceptors (Lipinski definition) is 5. The van der Waals surface area contributed by atoms with Gasteiger partial charge in [0, 0.05) is 5.38 Å². The summed E-state index contributed by atoms with van der Waals surface area (Å²) in [5, 5.41) is 1.54. The van der Waals surface area contributed by atoms with Gasteiger partial charge in [0.15, 0.2) is 0 Å². The maximum atomic E-state index is 12.1. The number of aryl methyl sites for hydroxylation is 3. The van der Waals surface area contributed by atoms with Crippen molar-refractivity contribution in [2.75, 3.05) is 0 Å². The SMILES string of the molecule is Cc1ccc(C)c(CS(=O)(=O)NC(=O)c2csnc2C)c1. The second-order valence-electron chi connectivity index (χ2n) is 4.93. The fraction of sp³-hybridized carbons (Fsp3) is 0.286. The molecule has 0 saturated carbocycles. The third-order valence-electron chi connectivity index (χ3n) is 3.09. The first kappa shape index (κ1) is 15.7. The molecule has 5 nitrogen and oxygen atoms in total. The maximum absolute atomic E-state index is 12.1. The Kier molecular flexibility index (Phi) is 4.43. The Hall–Kier alpha value is -1.73. The van der Waals surface area contributed by atoms with E-state index in [0.717, 1.165) is 22.7 Å². The number of benzene rings is 1. The Morgan fingerprint density at radius 3 is 2.62 bits per heavy atom. The summed E-state index contributed by atoms with van der Waals surface area (Å²) in [6.07, 6.45) is 0. The number of carbonyl (C=O) groups excluding carboxylic acids is 1. The van der Waals surface area contributed by atoms with Crippen molar-refractivity contribution in [3.63, 3.8) is 0 Å². The Morgan fingerprint density at radius 2 is 2.00 bits per heavy atom. The van der Waals surface area contributed by atoms with E-state index in [2.05, 4.69) is 9.10 Å². The second kappa shape index (κ2) is 5.95. The quantitative estimate of drug-likeness (QED) is 0.936. The smallest absolute Gasteiger partial charge is 0.267 e. The van der Waals surface area contributed by atoms with Gasteiger partial charge >= 0.3 is 0 Å². The standard InChI is InChI=1S/C14H16N2O3S2/c1-9-4-5-10(2)12(6-9)8-21(18,19)16-14(17)13-7-20-15-11(13)3/h4-7H,8H2,1-3H3,(H,16,17). The van der Waals surface area contributed by atoms with Crippen LogP contribution in [-0.2, 0) is 15.8 Å². The average molecular weight is 324 g/mol. The maximum Gasteiger partial charge on any atom is 0.267 e. The molecule has 2 rings (SSSR count). The first-order valence-electron chi connectivity index (χ1n) is 6.30. The minimum atomic E-state index is -3.74. The van der Waals surface area contributed by atoms with Gasteiger partial charge in [-0.25, -0.2) is 13.1 Å². The van der Waals surface area contributed by atoms with Crippen molar-refractivity contribution in [3.05, 3.63) is 51.5 Å². The number of rotatable bonds is 4. The van der Waals surface area contributed by atoms with E-state index in [0.29, 0.717) is 16.8 Å². The van der Waals surface area contributed by atoms with E-state index < -0.39 is 15.9 Å². The second-order valence-corrected chi connectivity index (χ2v) is 7.29. The zero-order valence-electron chi connectivity index (χ0n) is 12.0. The van der Waals surface area contributed by atoms with Crippen LogP contribution in [0.3, 0.4) is 0 Å². The predicted octanol–water partition coefficient (Wildman–Crippen LogP) is 2.33. The molecule has 0 aliphatic rings. The molecular formula is C14H16N2O3S2. The zero-order valence-corrected chi connectivity index (χ0v) is 13.6. The number of nitrogens with one attached hydrogen (secondary N) is 1. The highest BCUT2D eigenvalue weighted by Crippen LogP contribution is 2.15. The number of amides is 1. The lowest BCUT2D eigenvalue weighted by Gasteiger charge is -2.09. The Labute approximate surface area is 128 Å².